The van der Waals surface area contributed by atoms with E-state index in [0.717, 1.165) is 12.1 Å². The van der Waals surface area contributed by atoms with Gasteiger partial charge in [-0.2, -0.15) is 18.4 Å². The Morgan fingerprint density at radius 1 is 1.32 bits per heavy atom. The molecule has 0 saturated heterocycles. The normalized spacial score (nSPS) is 12.6. The number of hydrogen-bond donors (Lipinski definition) is 2. The van der Waals surface area contributed by atoms with Crippen molar-refractivity contribution in [3.63, 3.8) is 0 Å². The van der Waals surface area contributed by atoms with Gasteiger partial charge in [-0.3, -0.25) is 0 Å². The van der Waals surface area contributed by atoms with Crippen molar-refractivity contribution in [2.24, 2.45) is 0 Å². The lowest BCUT2D eigenvalue weighted by atomic mass is 9.95. The third kappa shape index (κ3) is 3.64. The van der Waals surface area contributed by atoms with E-state index in [0.29, 0.717) is 46.7 Å². The van der Waals surface area contributed by atoms with Gasteiger partial charge in [-0.15, -0.1) is 0 Å². The number of alkyl halides is 3. The lowest BCUT2D eigenvalue weighted by molar-refractivity contribution is -0.137. The number of halogens is 3. The third-order valence-corrected chi connectivity index (χ3v) is 4.41. The highest BCUT2D eigenvalue weighted by Crippen LogP contribution is 2.43. The number of nitrogens with one attached hydrogen (secondary N) is 1. The first kappa shape index (κ1) is 19.3. The van der Waals surface area contributed by atoms with Crippen LogP contribution >= 0.6 is 0 Å². The van der Waals surface area contributed by atoms with Gasteiger partial charge in [0, 0.05) is 29.7 Å². The van der Waals surface area contributed by atoms with Crippen molar-refractivity contribution in [2.45, 2.75) is 12.6 Å². The zero-order valence-corrected chi connectivity index (χ0v) is 14.6. The molecule has 0 bridgehead atoms. The average Bonchev–Trinajstić information content (AvgIpc) is 3.14. The second kappa shape index (κ2) is 7.27. The fraction of sp³-hybridized carbons (Fsp3) is 0.200. The average molecular weight is 388 g/mol. The van der Waals surface area contributed by atoms with Crippen LogP contribution in [0.1, 0.15) is 16.7 Å². The van der Waals surface area contributed by atoms with Gasteiger partial charge in [-0.25, -0.2) is 4.79 Å². The number of rotatable bonds is 5. The molecule has 2 aromatic rings. The SMILES string of the molecule is C=C(CNc1cc(-c2ccc(C(F)(F)F)cc2)c2c(c1C#N)CCO2)C(=O)O. The Balaban J connectivity index is 2.05. The Bertz CT molecular complexity index is 990. The van der Waals surface area contributed by atoms with E-state index in [1.807, 2.05) is 0 Å². The number of benzene rings is 2. The molecular weight excluding hydrogens is 373 g/mol. The highest BCUT2D eigenvalue weighted by Gasteiger charge is 2.30. The standard InChI is InChI=1S/C20H15F3N2O3/c1-11(19(26)27)10-25-17-8-15(18-14(6-7-28-18)16(17)9-24)12-2-4-13(5-3-12)20(21,22)23/h2-5,8,25H,1,6-7,10H2,(H,26,27). The van der Waals surface area contributed by atoms with Gasteiger partial charge in [-0.1, -0.05) is 18.7 Å². The third-order valence-electron chi connectivity index (χ3n) is 4.41. The van der Waals surface area contributed by atoms with Crippen LogP contribution in [0.15, 0.2) is 42.5 Å². The molecule has 3 rings (SSSR count). The molecule has 2 aromatic carbocycles. The van der Waals surface area contributed by atoms with Crippen molar-refractivity contribution in [1.82, 2.24) is 0 Å². The number of fused-ring (bicyclic) bond motifs is 1. The molecule has 144 valence electrons. The molecule has 28 heavy (non-hydrogen) atoms. The summed E-state index contributed by atoms with van der Waals surface area (Å²) in [5, 5.41) is 21.4. The zero-order valence-electron chi connectivity index (χ0n) is 14.6. The van der Waals surface area contributed by atoms with Crippen LogP contribution < -0.4 is 10.1 Å². The second-order valence-corrected chi connectivity index (χ2v) is 6.20. The second-order valence-electron chi connectivity index (χ2n) is 6.20. The molecule has 1 aliphatic rings. The van der Waals surface area contributed by atoms with E-state index in [4.69, 9.17) is 9.84 Å². The quantitative estimate of drug-likeness (QED) is 0.749. The molecule has 0 aliphatic carbocycles. The van der Waals surface area contributed by atoms with Gasteiger partial charge in [0.2, 0.25) is 0 Å². The first-order valence-electron chi connectivity index (χ1n) is 8.27. The summed E-state index contributed by atoms with van der Waals surface area (Å²) in [7, 11) is 0. The van der Waals surface area contributed by atoms with Crippen LogP contribution in [0.5, 0.6) is 5.75 Å². The molecule has 0 atom stereocenters. The van der Waals surface area contributed by atoms with E-state index in [1.165, 1.54) is 12.1 Å². The van der Waals surface area contributed by atoms with Crippen molar-refractivity contribution in [3.05, 3.63) is 59.2 Å². The minimum absolute atomic E-state index is 0.0864. The van der Waals surface area contributed by atoms with Crippen LogP contribution in [0.3, 0.4) is 0 Å². The van der Waals surface area contributed by atoms with Gasteiger partial charge >= 0.3 is 12.1 Å². The number of nitriles is 1. The molecule has 1 aliphatic heterocycles. The number of ether oxygens (including phenoxy) is 1. The Morgan fingerprint density at radius 3 is 2.57 bits per heavy atom. The van der Waals surface area contributed by atoms with Gasteiger partial charge < -0.3 is 15.2 Å². The molecule has 5 nitrogen and oxygen atoms in total. The van der Waals surface area contributed by atoms with Crippen LogP contribution in [-0.4, -0.2) is 24.2 Å². The zero-order chi connectivity index (χ0) is 20.5. The fourth-order valence-corrected chi connectivity index (χ4v) is 2.98. The van der Waals surface area contributed by atoms with Gasteiger partial charge in [0.15, 0.2) is 0 Å². The first-order chi connectivity index (χ1) is 13.2. The minimum atomic E-state index is -4.44. The van der Waals surface area contributed by atoms with Crippen LogP contribution in [0.25, 0.3) is 11.1 Å². The van der Waals surface area contributed by atoms with Crippen LogP contribution in [0.2, 0.25) is 0 Å². The Kier molecular flexibility index (Phi) is 5.01. The van der Waals surface area contributed by atoms with Crippen molar-refractivity contribution >= 4 is 11.7 Å². The summed E-state index contributed by atoms with van der Waals surface area (Å²) in [4.78, 5) is 10.9. The summed E-state index contributed by atoms with van der Waals surface area (Å²) in [6, 6.07) is 8.31. The molecule has 1 heterocycles. The van der Waals surface area contributed by atoms with E-state index < -0.39 is 17.7 Å². The first-order valence-corrected chi connectivity index (χ1v) is 8.27. The minimum Gasteiger partial charge on any atom is -0.492 e. The summed E-state index contributed by atoms with van der Waals surface area (Å²) >= 11 is 0. The van der Waals surface area contributed by atoms with E-state index >= 15 is 0 Å². The molecule has 0 radical (unpaired) electrons. The summed E-state index contributed by atoms with van der Waals surface area (Å²) in [5.74, 6) is -0.711. The lowest BCUT2D eigenvalue weighted by Crippen LogP contribution is -2.12. The highest BCUT2D eigenvalue weighted by molar-refractivity contribution is 5.87. The lowest BCUT2D eigenvalue weighted by Gasteiger charge is -2.16. The summed E-state index contributed by atoms with van der Waals surface area (Å²) in [5.41, 5.74) is 1.52. The smallest absolute Gasteiger partial charge is 0.416 e. The largest absolute Gasteiger partial charge is 0.492 e. The number of aliphatic carboxylic acids is 1. The number of hydrogen-bond acceptors (Lipinski definition) is 4. The van der Waals surface area contributed by atoms with Gasteiger partial charge in [0.1, 0.15) is 11.8 Å². The van der Waals surface area contributed by atoms with E-state index in [9.17, 15) is 23.2 Å². The monoisotopic (exact) mass is 388 g/mol. The van der Waals surface area contributed by atoms with Crippen molar-refractivity contribution < 1.29 is 27.8 Å². The predicted molar refractivity (Wildman–Crippen MR) is 96.1 cm³/mol. The molecule has 0 aromatic heterocycles. The van der Waals surface area contributed by atoms with Crippen LogP contribution in [0, 0.1) is 11.3 Å². The molecule has 8 heteroatoms. The van der Waals surface area contributed by atoms with E-state index in [-0.39, 0.29) is 12.1 Å². The number of anilines is 1. The van der Waals surface area contributed by atoms with Crippen molar-refractivity contribution in [3.8, 4) is 22.9 Å². The van der Waals surface area contributed by atoms with Gasteiger partial charge in [-0.05, 0) is 23.8 Å². The Hall–Kier alpha value is -3.47. The molecule has 0 saturated carbocycles. The maximum Gasteiger partial charge on any atom is 0.416 e. The number of nitrogens with zero attached hydrogens (tertiary/aromatic N) is 1. The summed E-state index contributed by atoms with van der Waals surface area (Å²) in [6.45, 7) is 3.70. The molecule has 0 spiro atoms. The van der Waals surface area contributed by atoms with Crippen LogP contribution in [0.4, 0.5) is 18.9 Å². The number of carboxylic acid groups (broad SMARTS) is 1. The summed E-state index contributed by atoms with van der Waals surface area (Å²) < 4.78 is 44.1. The molecule has 0 amide bonds. The Labute approximate surface area is 158 Å². The van der Waals surface area contributed by atoms with Crippen molar-refractivity contribution in [1.29, 1.82) is 5.26 Å². The van der Waals surface area contributed by atoms with E-state index in [1.54, 1.807) is 6.07 Å². The maximum atomic E-state index is 12.8. The maximum absolute atomic E-state index is 12.8. The number of carbonyl (C=O) groups is 1. The van der Waals surface area contributed by atoms with Crippen LogP contribution in [-0.2, 0) is 17.4 Å². The predicted octanol–water partition coefficient (Wildman–Crippen LogP) is 4.23. The highest BCUT2D eigenvalue weighted by atomic mass is 19.4. The fourth-order valence-electron chi connectivity index (χ4n) is 2.98. The van der Waals surface area contributed by atoms with Gasteiger partial charge in [0.25, 0.3) is 0 Å². The molecular formula is C20H15F3N2O3. The molecule has 0 unspecified atom stereocenters. The topological polar surface area (TPSA) is 82.3 Å². The van der Waals surface area contributed by atoms with Crippen molar-refractivity contribution in [2.75, 3.05) is 18.5 Å². The summed E-state index contributed by atoms with van der Waals surface area (Å²) in [6.07, 6.45) is -3.97. The van der Waals surface area contributed by atoms with Gasteiger partial charge in [0.05, 0.1) is 23.4 Å². The number of carboxylic acids is 1. The molecule has 0 fully saturated rings. The van der Waals surface area contributed by atoms with E-state index in [2.05, 4.69) is 18.0 Å². The Morgan fingerprint density at radius 2 is 2.00 bits per heavy atom. The molecule has 2 N–H and O–H groups in total.